The fourth-order valence-corrected chi connectivity index (χ4v) is 3.31. The lowest BCUT2D eigenvalue weighted by Crippen LogP contribution is -2.42. The summed E-state index contributed by atoms with van der Waals surface area (Å²) >= 11 is 0. The van der Waals surface area contributed by atoms with Gasteiger partial charge in [0.25, 0.3) is 10.0 Å². The van der Waals surface area contributed by atoms with Crippen LogP contribution < -0.4 is 5.73 Å². The molecule has 7 nitrogen and oxygen atoms in total. The molecule has 1 fully saturated rings. The van der Waals surface area contributed by atoms with Crippen LogP contribution in [0.1, 0.15) is 23.2 Å². The first-order chi connectivity index (χ1) is 8.95. The molecule has 2 heterocycles. The highest BCUT2D eigenvalue weighted by molar-refractivity contribution is 7.89. The normalized spacial score (nSPS) is 17.5. The Labute approximate surface area is 123 Å². The minimum atomic E-state index is -3.70. The van der Waals surface area contributed by atoms with Crippen LogP contribution in [0.25, 0.3) is 0 Å². The van der Waals surface area contributed by atoms with Gasteiger partial charge in [-0.1, -0.05) is 0 Å². The Morgan fingerprint density at radius 2 is 2.05 bits per heavy atom. The van der Waals surface area contributed by atoms with Crippen molar-refractivity contribution >= 4 is 28.4 Å². The van der Waals surface area contributed by atoms with E-state index in [0.29, 0.717) is 25.9 Å². The molecule has 0 aromatic carbocycles. The van der Waals surface area contributed by atoms with Gasteiger partial charge in [-0.15, -0.1) is 12.4 Å². The highest BCUT2D eigenvalue weighted by Gasteiger charge is 2.31. The minimum absolute atomic E-state index is 0. The Kier molecular flexibility index (Phi) is 5.58. The molecule has 114 valence electrons. The highest BCUT2D eigenvalue weighted by atomic mass is 35.5. The summed E-state index contributed by atoms with van der Waals surface area (Å²) in [6.07, 6.45) is 2.31. The lowest BCUT2D eigenvalue weighted by Gasteiger charge is -2.28. The number of ether oxygens (including phenoxy) is 1. The van der Waals surface area contributed by atoms with Gasteiger partial charge in [0.15, 0.2) is 0 Å². The van der Waals surface area contributed by atoms with E-state index in [1.807, 2.05) is 0 Å². The van der Waals surface area contributed by atoms with E-state index in [1.54, 1.807) is 0 Å². The summed E-state index contributed by atoms with van der Waals surface area (Å²) in [5.74, 6) is -0.633. The van der Waals surface area contributed by atoms with Crippen molar-refractivity contribution in [3.63, 3.8) is 0 Å². The van der Waals surface area contributed by atoms with Gasteiger partial charge in [0, 0.05) is 25.2 Å². The van der Waals surface area contributed by atoms with E-state index in [1.165, 1.54) is 17.5 Å². The van der Waals surface area contributed by atoms with Crippen LogP contribution in [0.5, 0.6) is 0 Å². The summed E-state index contributed by atoms with van der Waals surface area (Å²) < 4.78 is 35.3. The zero-order valence-corrected chi connectivity index (χ0v) is 12.6. The zero-order chi connectivity index (χ0) is 14.0. The first-order valence-electron chi connectivity index (χ1n) is 5.87. The van der Waals surface area contributed by atoms with Crippen molar-refractivity contribution in [2.24, 2.45) is 5.73 Å². The van der Waals surface area contributed by atoms with Gasteiger partial charge < -0.3 is 14.9 Å². The van der Waals surface area contributed by atoms with Gasteiger partial charge in [-0.05, 0) is 12.8 Å². The number of carbonyl (C=O) groups excluding carboxylic acids is 1. The molecule has 20 heavy (non-hydrogen) atoms. The fraction of sp³-hybridized carbons (Fsp3) is 0.545. The predicted molar refractivity (Wildman–Crippen MR) is 73.3 cm³/mol. The molecule has 9 heteroatoms. The molecule has 0 saturated carbocycles. The molecular weight excluding hydrogens is 308 g/mol. The number of nitrogens with zero attached hydrogens (tertiary/aromatic N) is 1. The molecule has 0 amide bonds. The topological polar surface area (TPSA) is 103 Å². The van der Waals surface area contributed by atoms with Crippen LogP contribution in [0.15, 0.2) is 21.8 Å². The number of halogens is 1. The summed E-state index contributed by atoms with van der Waals surface area (Å²) in [6.45, 7) is 0.718. The van der Waals surface area contributed by atoms with Gasteiger partial charge >= 0.3 is 5.97 Å². The second-order valence-corrected chi connectivity index (χ2v) is 6.26. The van der Waals surface area contributed by atoms with Crippen LogP contribution in [-0.2, 0) is 14.8 Å². The summed E-state index contributed by atoms with van der Waals surface area (Å²) in [5, 5.41) is -0.247. The number of hydrogen-bond acceptors (Lipinski definition) is 6. The molecule has 1 aliphatic heterocycles. The number of nitrogens with two attached hydrogens (primary N) is 1. The smallest absolute Gasteiger partial charge is 0.341 e. The van der Waals surface area contributed by atoms with Gasteiger partial charge in [-0.25, -0.2) is 13.2 Å². The van der Waals surface area contributed by atoms with Crippen molar-refractivity contribution in [1.29, 1.82) is 0 Å². The number of esters is 1. The average Bonchev–Trinajstić information content (AvgIpc) is 2.88. The monoisotopic (exact) mass is 324 g/mol. The second kappa shape index (κ2) is 6.57. The van der Waals surface area contributed by atoms with Gasteiger partial charge in [-0.2, -0.15) is 4.31 Å². The Balaban J connectivity index is 0.00000200. The van der Waals surface area contributed by atoms with E-state index >= 15 is 0 Å². The van der Waals surface area contributed by atoms with Gasteiger partial charge in [-0.3, -0.25) is 0 Å². The predicted octanol–water partition coefficient (Wildman–Crippen LogP) is 0.600. The molecule has 0 aliphatic carbocycles. The molecule has 0 radical (unpaired) electrons. The largest absolute Gasteiger partial charge is 0.465 e. The Morgan fingerprint density at radius 3 is 2.60 bits per heavy atom. The summed E-state index contributed by atoms with van der Waals surface area (Å²) in [6, 6.07) is 1.21. The third-order valence-corrected chi connectivity index (χ3v) is 4.86. The lowest BCUT2D eigenvalue weighted by atomic mass is 10.1. The molecule has 2 N–H and O–H groups in total. The van der Waals surface area contributed by atoms with Gasteiger partial charge in [0.05, 0.1) is 12.7 Å². The SMILES string of the molecule is COC(=O)c1coc(S(=O)(=O)N2CCC(N)CC2)c1.Cl. The van der Waals surface area contributed by atoms with Crippen LogP contribution in [0.3, 0.4) is 0 Å². The van der Waals surface area contributed by atoms with E-state index in [4.69, 9.17) is 10.2 Å². The molecule has 0 bridgehead atoms. The van der Waals surface area contributed by atoms with E-state index in [-0.39, 0.29) is 29.1 Å². The number of methoxy groups -OCH3 is 1. The molecule has 1 saturated heterocycles. The first-order valence-corrected chi connectivity index (χ1v) is 7.31. The van der Waals surface area contributed by atoms with Crippen LogP contribution in [-0.4, -0.2) is 44.9 Å². The molecular formula is C11H17ClN2O5S. The molecule has 2 rings (SSSR count). The third kappa shape index (κ3) is 3.32. The number of hydrogen-bond donors (Lipinski definition) is 1. The maximum Gasteiger partial charge on any atom is 0.341 e. The first kappa shape index (κ1) is 17.0. The van der Waals surface area contributed by atoms with Crippen molar-refractivity contribution in [3.8, 4) is 0 Å². The van der Waals surface area contributed by atoms with Crippen LogP contribution in [0.4, 0.5) is 0 Å². The lowest BCUT2D eigenvalue weighted by molar-refractivity contribution is 0.0600. The van der Waals surface area contributed by atoms with Gasteiger partial charge in [0.2, 0.25) is 5.09 Å². The number of carbonyl (C=O) groups is 1. The maximum absolute atomic E-state index is 12.3. The zero-order valence-electron chi connectivity index (χ0n) is 10.9. The summed E-state index contributed by atoms with van der Waals surface area (Å²) in [5.41, 5.74) is 5.81. The van der Waals surface area contributed by atoms with E-state index in [9.17, 15) is 13.2 Å². The van der Waals surface area contributed by atoms with Crippen molar-refractivity contribution in [2.45, 2.75) is 24.0 Å². The molecule has 1 aromatic rings. The van der Waals surface area contributed by atoms with Crippen molar-refractivity contribution in [2.75, 3.05) is 20.2 Å². The Hall–Kier alpha value is -1.09. The molecule has 0 atom stereocenters. The second-order valence-electron chi connectivity index (χ2n) is 4.39. The fourth-order valence-electron chi connectivity index (χ4n) is 1.92. The summed E-state index contributed by atoms with van der Waals surface area (Å²) in [7, 11) is -2.49. The highest BCUT2D eigenvalue weighted by Crippen LogP contribution is 2.22. The van der Waals surface area contributed by atoms with E-state index < -0.39 is 16.0 Å². The maximum atomic E-state index is 12.3. The third-order valence-electron chi connectivity index (χ3n) is 3.09. The van der Waals surface area contributed by atoms with Crippen LogP contribution >= 0.6 is 12.4 Å². The van der Waals surface area contributed by atoms with E-state index in [2.05, 4.69) is 4.74 Å². The standard InChI is InChI=1S/C11H16N2O5S.ClH/c1-17-11(14)8-6-10(18-7-8)19(15,16)13-4-2-9(12)3-5-13;/h6-7,9H,2-5,12H2,1H3;1H. The average molecular weight is 325 g/mol. The Morgan fingerprint density at radius 1 is 1.45 bits per heavy atom. The number of piperidine rings is 1. The summed E-state index contributed by atoms with van der Waals surface area (Å²) in [4.78, 5) is 11.3. The molecule has 0 unspecified atom stereocenters. The minimum Gasteiger partial charge on any atom is -0.465 e. The quantitative estimate of drug-likeness (QED) is 0.817. The molecule has 1 aliphatic rings. The van der Waals surface area contributed by atoms with Crippen molar-refractivity contribution in [1.82, 2.24) is 4.31 Å². The van der Waals surface area contributed by atoms with Crippen molar-refractivity contribution < 1.29 is 22.4 Å². The molecule has 0 spiro atoms. The Bertz CT molecular complexity index is 563. The van der Waals surface area contributed by atoms with Crippen LogP contribution in [0.2, 0.25) is 0 Å². The van der Waals surface area contributed by atoms with Crippen molar-refractivity contribution in [3.05, 3.63) is 17.9 Å². The molecule has 1 aromatic heterocycles. The van der Waals surface area contributed by atoms with Crippen LogP contribution in [0, 0.1) is 0 Å². The number of furan rings is 1. The number of sulfonamides is 1. The van der Waals surface area contributed by atoms with Gasteiger partial charge in [0.1, 0.15) is 6.26 Å². The van der Waals surface area contributed by atoms with E-state index in [0.717, 1.165) is 6.26 Å². The number of rotatable bonds is 3.